The van der Waals surface area contributed by atoms with Crippen molar-refractivity contribution in [1.29, 1.82) is 5.26 Å². The molecule has 2 aliphatic rings. The summed E-state index contributed by atoms with van der Waals surface area (Å²) in [6.45, 7) is 5.24. The number of furan rings is 1. The smallest absolute Gasteiger partial charge is 0.255 e. The number of fused-ring (bicyclic) bond motifs is 2. The lowest BCUT2D eigenvalue weighted by molar-refractivity contribution is 0.0576. The van der Waals surface area contributed by atoms with Gasteiger partial charge in [-0.25, -0.2) is 4.52 Å². The van der Waals surface area contributed by atoms with Crippen molar-refractivity contribution in [3.05, 3.63) is 59.1 Å². The number of nitrogens with one attached hydrogen (secondary N) is 1. The first-order valence-corrected chi connectivity index (χ1v) is 12.1. The summed E-state index contributed by atoms with van der Waals surface area (Å²) in [6.07, 6.45) is 5.66. The highest BCUT2D eigenvalue weighted by molar-refractivity contribution is 6.07. The SMILES string of the molecule is Cc1oc2cc(Oc3ccnn4cc(C(=O)N5CC(C#N)C5)c(C)c34)ccc2c1C(=O)NCC1CC1. The van der Waals surface area contributed by atoms with Gasteiger partial charge in [-0.05, 0) is 50.3 Å². The van der Waals surface area contributed by atoms with Crippen molar-refractivity contribution in [3.63, 3.8) is 0 Å². The van der Waals surface area contributed by atoms with E-state index in [1.165, 1.54) is 12.8 Å². The quantitative estimate of drug-likeness (QED) is 0.439. The summed E-state index contributed by atoms with van der Waals surface area (Å²) in [7, 11) is 0. The molecule has 9 heteroatoms. The first-order valence-electron chi connectivity index (χ1n) is 12.1. The van der Waals surface area contributed by atoms with Crippen molar-refractivity contribution in [1.82, 2.24) is 19.8 Å². The number of aryl methyl sites for hydroxylation is 2. The Bertz CT molecular complexity index is 1570. The number of benzene rings is 1. The van der Waals surface area contributed by atoms with Gasteiger partial charge >= 0.3 is 0 Å². The summed E-state index contributed by atoms with van der Waals surface area (Å²) in [4.78, 5) is 27.4. The van der Waals surface area contributed by atoms with Crippen LogP contribution in [0.4, 0.5) is 0 Å². The first-order chi connectivity index (χ1) is 17.4. The van der Waals surface area contributed by atoms with Gasteiger partial charge in [-0.15, -0.1) is 0 Å². The molecule has 3 aromatic heterocycles. The van der Waals surface area contributed by atoms with Gasteiger partial charge in [-0.1, -0.05) is 0 Å². The Kier molecular flexibility index (Phi) is 5.18. The number of ether oxygens (including phenoxy) is 1. The molecule has 4 heterocycles. The predicted molar refractivity (Wildman–Crippen MR) is 131 cm³/mol. The molecular weight excluding hydrogens is 458 g/mol. The Labute approximate surface area is 207 Å². The van der Waals surface area contributed by atoms with Crippen LogP contribution in [0.2, 0.25) is 0 Å². The van der Waals surface area contributed by atoms with E-state index < -0.39 is 0 Å². The van der Waals surface area contributed by atoms with Gasteiger partial charge in [-0.3, -0.25) is 9.59 Å². The molecule has 0 atom stereocenters. The lowest BCUT2D eigenvalue weighted by atomic mass is 10.0. The minimum atomic E-state index is -0.119. The number of hydrogen-bond acceptors (Lipinski definition) is 6. The second kappa shape index (κ2) is 8.41. The second-order valence-corrected chi connectivity index (χ2v) is 9.64. The van der Waals surface area contributed by atoms with Gasteiger partial charge in [0.05, 0.1) is 29.3 Å². The normalized spacial score (nSPS) is 15.6. The van der Waals surface area contributed by atoms with Crippen LogP contribution in [0.25, 0.3) is 16.5 Å². The van der Waals surface area contributed by atoms with E-state index in [-0.39, 0.29) is 17.7 Å². The molecule has 4 aromatic rings. The van der Waals surface area contributed by atoms with Crippen LogP contribution in [0.3, 0.4) is 0 Å². The fourth-order valence-electron chi connectivity index (χ4n) is 4.74. The third kappa shape index (κ3) is 3.75. The lowest BCUT2D eigenvalue weighted by Gasteiger charge is -2.35. The topological polar surface area (TPSA) is 113 Å². The summed E-state index contributed by atoms with van der Waals surface area (Å²) in [5.74, 6) is 1.92. The van der Waals surface area contributed by atoms with Crippen molar-refractivity contribution >= 4 is 28.3 Å². The minimum absolute atomic E-state index is 0.103. The second-order valence-electron chi connectivity index (χ2n) is 9.64. The standard InChI is InChI=1S/C27H25N5O4/c1-15-21(27(34)31-12-18(10-28)13-31)14-32-25(15)22(7-8-30-32)36-19-5-6-20-23(9-19)35-16(2)24(20)26(33)29-11-17-3-4-17/h5-9,14,17-18H,3-4,11-13H2,1-2H3,(H,29,33). The molecule has 9 nitrogen and oxygen atoms in total. The number of nitrogens with zero attached hydrogens (tertiary/aromatic N) is 4. The molecule has 2 fully saturated rings. The van der Waals surface area contributed by atoms with Crippen molar-refractivity contribution in [3.8, 4) is 17.6 Å². The van der Waals surface area contributed by atoms with E-state index in [0.717, 1.165) is 10.9 Å². The van der Waals surface area contributed by atoms with E-state index in [2.05, 4.69) is 16.5 Å². The van der Waals surface area contributed by atoms with E-state index in [1.807, 2.05) is 13.0 Å². The number of nitriles is 1. The zero-order chi connectivity index (χ0) is 25.0. The molecule has 1 aromatic carbocycles. The van der Waals surface area contributed by atoms with Gasteiger partial charge in [-0.2, -0.15) is 10.4 Å². The van der Waals surface area contributed by atoms with Crippen LogP contribution < -0.4 is 10.1 Å². The maximum atomic E-state index is 13.0. The van der Waals surface area contributed by atoms with E-state index in [0.29, 0.717) is 65.0 Å². The largest absolute Gasteiger partial charge is 0.460 e. The van der Waals surface area contributed by atoms with Crippen LogP contribution in [0, 0.1) is 37.0 Å². The fraction of sp³-hybridized carbons (Fsp3) is 0.333. The van der Waals surface area contributed by atoms with Crippen LogP contribution >= 0.6 is 0 Å². The zero-order valence-corrected chi connectivity index (χ0v) is 20.1. The number of amides is 2. The number of carbonyl (C=O) groups excluding carboxylic acids is 2. The molecule has 0 bridgehead atoms. The minimum Gasteiger partial charge on any atom is -0.460 e. The highest BCUT2D eigenvalue weighted by atomic mass is 16.5. The molecule has 0 radical (unpaired) electrons. The Hall–Kier alpha value is -4.32. The molecule has 0 spiro atoms. The average Bonchev–Trinajstić information content (AvgIpc) is 3.52. The molecule has 1 saturated carbocycles. The van der Waals surface area contributed by atoms with Gasteiger partial charge in [0.2, 0.25) is 0 Å². The van der Waals surface area contributed by atoms with E-state index >= 15 is 0 Å². The average molecular weight is 484 g/mol. The Morgan fingerprint density at radius 2 is 2.06 bits per heavy atom. The zero-order valence-electron chi connectivity index (χ0n) is 20.1. The number of aromatic nitrogens is 2. The Morgan fingerprint density at radius 1 is 1.25 bits per heavy atom. The Morgan fingerprint density at radius 3 is 2.81 bits per heavy atom. The third-order valence-corrected chi connectivity index (χ3v) is 7.01. The number of likely N-dealkylation sites (tertiary alicyclic amines) is 1. The number of hydrogen-bond donors (Lipinski definition) is 1. The fourth-order valence-corrected chi connectivity index (χ4v) is 4.74. The molecule has 1 aliphatic carbocycles. The van der Waals surface area contributed by atoms with Crippen molar-refractivity contribution in [2.75, 3.05) is 19.6 Å². The molecule has 0 unspecified atom stereocenters. The molecule has 2 amide bonds. The van der Waals surface area contributed by atoms with Gasteiger partial charge in [0.15, 0.2) is 5.75 Å². The summed E-state index contributed by atoms with van der Waals surface area (Å²) in [6, 6.07) is 9.35. The van der Waals surface area contributed by atoms with Crippen molar-refractivity contribution < 1.29 is 18.7 Å². The first kappa shape index (κ1) is 22.2. The van der Waals surface area contributed by atoms with Crippen LogP contribution in [0.5, 0.6) is 11.5 Å². The number of carbonyl (C=O) groups is 2. The van der Waals surface area contributed by atoms with Crippen LogP contribution in [-0.2, 0) is 0 Å². The molecule has 1 aliphatic heterocycles. The molecule has 1 saturated heterocycles. The van der Waals surface area contributed by atoms with Crippen molar-refractivity contribution in [2.45, 2.75) is 26.7 Å². The van der Waals surface area contributed by atoms with Gasteiger partial charge < -0.3 is 19.4 Å². The molecule has 36 heavy (non-hydrogen) atoms. The maximum absolute atomic E-state index is 13.0. The van der Waals surface area contributed by atoms with Gasteiger partial charge in [0.1, 0.15) is 22.6 Å². The molecule has 1 N–H and O–H groups in total. The van der Waals surface area contributed by atoms with Crippen LogP contribution in [0.1, 0.15) is 44.9 Å². The third-order valence-electron chi connectivity index (χ3n) is 7.01. The van der Waals surface area contributed by atoms with E-state index in [4.69, 9.17) is 14.4 Å². The highest BCUT2D eigenvalue weighted by Gasteiger charge is 2.33. The number of rotatable bonds is 6. The predicted octanol–water partition coefficient (Wildman–Crippen LogP) is 4.23. The van der Waals surface area contributed by atoms with E-state index in [9.17, 15) is 9.59 Å². The summed E-state index contributed by atoms with van der Waals surface area (Å²) < 4.78 is 13.8. The monoisotopic (exact) mass is 483 g/mol. The van der Waals surface area contributed by atoms with Crippen molar-refractivity contribution in [2.24, 2.45) is 11.8 Å². The van der Waals surface area contributed by atoms with Gasteiger partial charge in [0, 0.05) is 43.4 Å². The highest BCUT2D eigenvalue weighted by Crippen LogP contribution is 2.35. The van der Waals surface area contributed by atoms with E-state index in [1.54, 1.807) is 46.9 Å². The molecule has 6 rings (SSSR count). The van der Waals surface area contributed by atoms with Gasteiger partial charge in [0.25, 0.3) is 11.8 Å². The summed E-state index contributed by atoms with van der Waals surface area (Å²) in [5.41, 5.74) is 3.11. The Balaban J connectivity index is 1.28. The maximum Gasteiger partial charge on any atom is 0.255 e. The van der Waals surface area contributed by atoms with Crippen LogP contribution in [0.15, 0.2) is 41.1 Å². The molecule has 182 valence electrons. The lowest BCUT2D eigenvalue weighted by Crippen LogP contribution is -2.49. The summed E-state index contributed by atoms with van der Waals surface area (Å²) >= 11 is 0. The van der Waals surface area contributed by atoms with Crippen LogP contribution in [-0.4, -0.2) is 46.0 Å². The molecular formula is C27H25N5O4. The summed E-state index contributed by atoms with van der Waals surface area (Å²) in [5, 5.41) is 17.1.